The molecule has 2 rings (SSSR count). The van der Waals surface area contributed by atoms with Crippen LogP contribution >= 0.6 is 11.6 Å². The molecule has 2 aromatic rings. The lowest BCUT2D eigenvalue weighted by atomic mass is 10.0. The van der Waals surface area contributed by atoms with E-state index in [-0.39, 0.29) is 17.0 Å². The Morgan fingerprint density at radius 2 is 1.86 bits per heavy atom. The number of carbonyl (C=O) groups excluding carboxylic acids is 1. The number of ketones is 1. The third-order valence-corrected chi connectivity index (χ3v) is 3.52. The smallest absolute Gasteiger partial charge is 0.272 e. The van der Waals surface area contributed by atoms with E-state index >= 15 is 0 Å². The number of halogens is 2. The fourth-order valence-electron chi connectivity index (χ4n) is 1.94. The third-order valence-electron chi connectivity index (χ3n) is 3.07. The number of hydrogen-bond acceptors (Lipinski definition) is 3. The van der Waals surface area contributed by atoms with Crippen LogP contribution in [0, 0.1) is 22.9 Å². The minimum Gasteiger partial charge on any atom is -0.292 e. The number of rotatable bonds is 4. The van der Waals surface area contributed by atoms with Crippen molar-refractivity contribution in [3.8, 4) is 0 Å². The van der Waals surface area contributed by atoms with E-state index in [9.17, 15) is 19.3 Å². The Balaban J connectivity index is 2.29. The summed E-state index contributed by atoms with van der Waals surface area (Å²) in [6.45, 7) is 1.55. The lowest BCUT2D eigenvalue weighted by molar-refractivity contribution is -0.385. The van der Waals surface area contributed by atoms with Gasteiger partial charge in [-0.15, -0.1) is 11.6 Å². The average molecular weight is 308 g/mol. The molecule has 108 valence electrons. The second kappa shape index (κ2) is 6.01. The number of benzene rings is 2. The van der Waals surface area contributed by atoms with E-state index in [1.807, 2.05) is 0 Å². The van der Waals surface area contributed by atoms with Crippen LogP contribution in [0.2, 0.25) is 0 Å². The van der Waals surface area contributed by atoms with Gasteiger partial charge >= 0.3 is 0 Å². The maximum atomic E-state index is 12.9. The Labute approximate surface area is 125 Å². The summed E-state index contributed by atoms with van der Waals surface area (Å²) in [5, 5.41) is 9.78. The normalized spacial score (nSPS) is 12.0. The number of nitrogens with zero attached hydrogens (tertiary/aromatic N) is 1. The van der Waals surface area contributed by atoms with Gasteiger partial charge in [-0.2, -0.15) is 0 Å². The molecule has 0 aromatic heterocycles. The van der Waals surface area contributed by atoms with Gasteiger partial charge < -0.3 is 0 Å². The van der Waals surface area contributed by atoms with E-state index < -0.39 is 16.1 Å². The number of carbonyl (C=O) groups is 1. The molecule has 0 saturated heterocycles. The molecule has 0 fully saturated rings. The van der Waals surface area contributed by atoms with Gasteiger partial charge in [0.1, 0.15) is 11.2 Å². The summed E-state index contributed by atoms with van der Waals surface area (Å²) >= 11 is 6.09. The Hall–Kier alpha value is -2.27. The van der Waals surface area contributed by atoms with Crippen LogP contribution in [0.1, 0.15) is 26.9 Å². The van der Waals surface area contributed by atoms with E-state index in [0.717, 1.165) is 0 Å². The highest BCUT2D eigenvalue weighted by atomic mass is 35.5. The summed E-state index contributed by atoms with van der Waals surface area (Å²) in [5.41, 5.74) is 1.08. The molecule has 0 N–H and O–H groups in total. The first kappa shape index (κ1) is 15.1. The maximum absolute atomic E-state index is 12.9. The summed E-state index contributed by atoms with van der Waals surface area (Å²) in [6, 6.07) is 9.38. The van der Waals surface area contributed by atoms with Gasteiger partial charge in [0.2, 0.25) is 0 Å². The first-order valence-electron chi connectivity index (χ1n) is 6.09. The van der Waals surface area contributed by atoms with Crippen molar-refractivity contribution in [3.63, 3.8) is 0 Å². The lowest BCUT2D eigenvalue weighted by Gasteiger charge is -2.09. The molecule has 0 aliphatic rings. The maximum Gasteiger partial charge on any atom is 0.272 e. The monoisotopic (exact) mass is 307 g/mol. The number of nitro benzene ring substituents is 1. The molecule has 21 heavy (non-hydrogen) atoms. The fraction of sp³-hybridized carbons (Fsp3) is 0.133. The Kier molecular flexibility index (Phi) is 4.33. The second-order valence-corrected chi connectivity index (χ2v) is 4.97. The number of hydrogen-bond donors (Lipinski definition) is 0. The molecule has 6 heteroatoms. The largest absolute Gasteiger partial charge is 0.292 e. The number of alkyl halides is 1. The van der Waals surface area contributed by atoms with E-state index in [4.69, 9.17) is 11.6 Å². The van der Waals surface area contributed by atoms with Crippen LogP contribution in [0.4, 0.5) is 10.1 Å². The first-order valence-corrected chi connectivity index (χ1v) is 6.52. The molecule has 4 nitrogen and oxygen atoms in total. The summed E-state index contributed by atoms with van der Waals surface area (Å²) in [6.07, 6.45) is 0. The van der Waals surface area contributed by atoms with Gasteiger partial charge in [0.25, 0.3) is 5.69 Å². The van der Waals surface area contributed by atoms with Gasteiger partial charge in [0, 0.05) is 17.2 Å². The van der Waals surface area contributed by atoms with E-state index in [1.54, 1.807) is 6.92 Å². The quantitative estimate of drug-likeness (QED) is 0.368. The SMILES string of the molecule is Cc1cc(C(=O)C(Cl)c2ccc(F)cc2)ccc1[N+](=O)[O-]. The molecule has 0 heterocycles. The highest BCUT2D eigenvalue weighted by molar-refractivity contribution is 6.33. The van der Waals surface area contributed by atoms with Crippen molar-refractivity contribution in [2.24, 2.45) is 0 Å². The molecular formula is C15H11ClFNO3. The standard InChI is InChI=1S/C15H11ClFNO3/c1-9-8-11(4-7-13(9)18(20)21)15(19)14(16)10-2-5-12(17)6-3-10/h2-8,14H,1H3. The molecular weight excluding hydrogens is 297 g/mol. The number of aryl methyl sites for hydroxylation is 1. The van der Waals surface area contributed by atoms with Crippen molar-refractivity contribution < 1.29 is 14.1 Å². The summed E-state index contributed by atoms with van der Waals surface area (Å²) in [7, 11) is 0. The van der Waals surface area contributed by atoms with E-state index in [2.05, 4.69) is 0 Å². The van der Waals surface area contributed by atoms with Crippen molar-refractivity contribution >= 4 is 23.1 Å². The fourth-order valence-corrected chi connectivity index (χ4v) is 2.21. The van der Waals surface area contributed by atoms with Gasteiger partial charge in [-0.25, -0.2) is 4.39 Å². The topological polar surface area (TPSA) is 60.2 Å². The summed E-state index contributed by atoms with van der Waals surface area (Å²) in [5.74, 6) is -0.803. The average Bonchev–Trinajstić information content (AvgIpc) is 2.46. The van der Waals surface area contributed by atoms with Crippen LogP contribution in [0.3, 0.4) is 0 Å². The number of nitro groups is 1. The number of Topliss-reactive ketones (excluding diaryl/α,β-unsaturated/α-hetero) is 1. The van der Waals surface area contributed by atoms with Gasteiger partial charge in [-0.1, -0.05) is 12.1 Å². The van der Waals surface area contributed by atoms with Crippen molar-refractivity contribution in [1.82, 2.24) is 0 Å². The zero-order valence-electron chi connectivity index (χ0n) is 11.0. The minimum absolute atomic E-state index is 0.0561. The Bertz CT molecular complexity index is 701. The molecule has 2 aromatic carbocycles. The zero-order chi connectivity index (χ0) is 15.6. The van der Waals surface area contributed by atoms with Crippen LogP contribution in [-0.4, -0.2) is 10.7 Å². The van der Waals surface area contributed by atoms with Crippen molar-refractivity contribution in [1.29, 1.82) is 0 Å². The molecule has 0 aliphatic heterocycles. The van der Waals surface area contributed by atoms with Crippen molar-refractivity contribution in [3.05, 3.63) is 75.1 Å². The van der Waals surface area contributed by atoms with Crippen LogP contribution in [0.25, 0.3) is 0 Å². The third kappa shape index (κ3) is 3.25. The van der Waals surface area contributed by atoms with Gasteiger partial charge in [-0.05, 0) is 36.8 Å². The lowest BCUT2D eigenvalue weighted by Crippen LogP contribution is -2.08. The molecule has 1 unspecified atom stereocenters. The minimum atomic E-state index is -0.966. The van der Waals surface area contributed by atoms with Crippen LogP contribution in [-0.2, 0) is 0 Å². The first-order chi connectivity index (χ1) is 9.90. The van der Waals surface area contributed by atoms with Crippen molar-refractivity contribution in [2.75, 3.05) is 0 Å². The van der Waals surface area contributed by atoms with Crippen molar-refractivity contribution in [2.45, 2.75) is 12.3 Å². The molecule has 0 aliphatic carbocycles. The predicted octanol–water partition coefficient (Wildman–Crippen LogP) is 4.21. The molecule has 1 atom stereocenters. The summed E-state index contributed by atoms with van der Waals surface area (Å²) in [4.78, 5) is 22.5. The Morgan fingerprint density at radius 3 is 2.38 bits per heavy atom. The molecule has 0 saturated carbocycles. The summed E-state index contributed by atoms with van der Waals surface area (Å²) < 4.78 is 12.9. The van der Waals surface area contributed by atoms with E-state index in [1.165, 1.54) is 42.5 Å². The molecule has 0 spiro atoms. The van der Waals surface area contributed by atoms with Gasteiger partial charge in [-0.3, -0.25) is 14.9 Å². The van der Waals surface area contributed by atoms with E-state index in [0.29, 0.717) is 11.1 Å². The predicted molar refractivity (Wildman–Crippen MR) is 77.2 cm³/mol. The Morgan fingerprint density at radius 1 is 1.24 bits per heavy atom. The molecule has 0 radical (unpaired) electrons. The van der Waals surface area contributed by atoms with Crippen LogP contribution in [0.15, 0.2) is 42.5 Å². The molecule has 0 bridgehead atoms. The van der Waals surface area contributed by atoms with Crippen LogP contribution in [0.5, 0.6) is 0 Å². The highest BCUT2D eigenvalue weighted by Gasteiger charge is 2.21. The zero-order valence-corrected chi connectivity index (χ0v) is 11.8. The molecule has 0 amide bonds. The van der Waals surface area contributed by atoms with Crippen LogP contribution < -0.4 is 0 Å². The van der Waals surface area contributed by atoms with Gasteiger partial charge in [0.15, 0.2) is 5.78 Å². The second-order valence-electron chi connectivity index (χ2n) is 4.54. The highest BCUT2D eigenvalue weighted by Crippen LogP contribution is 2.27. The van der Waals surface area contributed by atoms with Gasteiger partial charge in [0.05, 0.1) is 4.92 Å².